The Kier molecular flexibility index (Phi) is 6.25. The molecule has 0 radical (unpaired) electrons. The van der Waals surface area contributed by atoms with E-state index >= 15 is 0 Å². The minimum atomic E-state index is -0.308. The van der Waals surface area contributed by atoms with E-state index in [2.05, 4.69) is 26.6 Å². The fourth-order valence-electron chi connectivity index (χ4n) is 2.13. The number of benzene rings is 2. The molecule has 0 aliphatic rings. The molecular weight excluding hydrogens is 404 g/mol. The van der Waals surface area contributed by atoms with Crippen molar-refractivity contribution in [3.05, 3.63) is 68.7 Å². The molecule has 0 aliphatic carbocycles. The molecule has 0 saturated carbocycles. The van der Waals surface area contributed by atoms with Crippen molar-refractivity contribution in [1.82, 2.24) is 10.6 Å². The fraction of sp³-hybridized carbons (Fsp3) is 0.263. The predicted octanol–water partition coefficient (Wildman–Crippen LogP) is 4.56. The van der Waals surface area contributed by atoms with Crippen LogP contribution in [0.2, 0.25) is 5.02 Å². The zero-order valence-electron chi connectivity index (χ0n) is 14.3. The Bertz CT molecular complexity index is 783. The number of halogens is 2. The number of nitrogens with one attached hydrogen (secondary N) is 2. The number of carbonyl (C=O) groups is 2. The topological polar surface area (TPSA) is 58.2 Å². The molecule has 25 heavy (non-hydrogen) atoms. The summed E-state index contributed by atoms with van der Waals surface area (Å²) in [6.07, 6.45) is 0. The molecule has 2 N–H and O–H groups in total. The van der Waals surface area contributed by atoms with Gasteiger partial charge in [0.15, 0.2) is 0 Å². The van der Waals surface area contributed by atoms with Gasteiger partial charge in [-0.15, -0.1) is 0 Å². The summed E-state index contributed by atoms with van der Waals surface area (Å²) in [4.78, 5) is 24.3. The number of hydrogen-bond acceptors (Lipinski definition) is 2. The van der Waals surface area contributed by atoms with Crippen molar-refractivity contribution in [2.75, 3.05) is 0 Å². The fourth-order valence-corrected chi connectivity index (χ4v) is 2.87. The maximum absolute atomic E-state index is 12.2. The summed E-state index contributed by atoms with van der Waals surface area (Å²) < 4.78 is 0.886. The molecule has 0 aromatic heterocycles. The minimum Gasteiger partial charge on any atom is -0.348 e. The average Bonchev–Trinajstić information content (AvgIpc) is 2.52. The van der Waals surface area contributed by atoms with Crippen LogP contribution in [-0.4, -0.2) is 17.4 Å². The van der Waals surface area contributed by atoms with Crippen molar-refractivity contribution in [1.29, 1.82) is 0 Å². The standard InChI is InChI=1S/C19H20BrClN2O2/c1-19(2,3)23-18(25)13-6-4-12(5-7-13)17(24)22-11-14-8-9-15(20)10-16(14)21/h4-10H,11H2,1-3H3,(H,22,24)(H,23,25). The molecule has 0 bridgehead atoms. The molecule has 0 atom stereocenters. The highest BCUT2D eigenvalue weighted by atomic mass is 79.9. The third kappa shape index (κ3) is 5.87. The van der Waals surface area contributed by atoms with Gasteiger partial charge in [-0.25, -0.2) is 0 Å². The van der Waals surface area contributed by atoms with Crippen molar-refractivity contribution < 1.29 is 9.59 Å². The van der Waals surface area contributed by atoms with E-state index in [4.69, 9.17) is 11.6 Å². The first-order valence-corrected chi connectivity index (χ1v) is 8.97. The Balaban J connectivity index is 1.99. The summed E-state index contributed by atoms with van der Waals surface area (Å²) in [6.45, 7) is 6.08. The Labute approximate surface area is 161 Å². The Morgan fingerprint density at radius 3 is 2.08 bits per heavy atom. The summed E-state index contributed by atoms with van der Waals surface area (Å²) in [7, 11) is 0. The highest BCUT2D eigenvalue weighted by Gasteiger charge is 2.15. The molecule has 0 aliphatic heterocycles. The molecule has 0 unspecified atom stereocenters. The number of hydrogen-bond donors (Lipinski definition) is 2. The largest absolute Gasteiger partial charge is 0.348 e. The van der Waals surface area contributed by atoms with Crippen LogP contribution < -0.4 is 10.6 Å². The lowest BCUT2D eigenvalue weighted by molar-refractivity contribution is 0.0915. The first kappa shape index (κ1) is 19.5. The van der Waals surface area contributed by atoms with E-state index in [0.717, 1.165) is 10.0 Å². The van der Waals surface area contributed by atoms with Gasteiger partial charge in [0.25, 0.3) is 11.8 Å². The summed E-state index contributed by atoms with van der Waals surface area (Å²) in [6, 6.07) is 12.1. The summed E-state index contributed by atoms with van der Waals surface area (Å²) >= 11 is 9.49. The number of amides is 2. The molecule has 2 aromatic carbocycles. The Morgan fingerprint density at radius 2 is 1.56 bits per heavy atom. The van der Waals surface area contributed by atoms with Crippen molar-refractivity contribution in [2.24, 2.45) is 0 Å². The second kappa shape index (κ2) is 8.02. The van der Waals surface area contributed by atoms with E-state index in [-0.39, 0.29) is 17.4 Å². The second-order valence-electron chi connectivity index (χ2n) is 6.70. The zero-order valence-corrected chi connectivity index (χ0v) is 16.7. The molecule has 2 amide bonds. The normalized spacial score (nSPS) is 11.1. The van der Waals surface area contributed by atoms with Crippen LogP contribution >= 0.6 is 27.5 Å². The van der Waals surface area contributed by atoms with Crippen LogP contribution in [0, 0.1) is 0 Å². The highest BCUT2D eigenvalue weighted by Crippen LogP contribution is 2.21. The number of carbonyl (C=O) groups excluding carboxylic acids is 2. The summed E-state index contributed by atoms with van der Waals surface area (Å²) in [5.74, 6) is -0.386. The Hall–Kier alpha value is -1.85. The minimum absolute atomic E-state index is 0.166. The van der Waals surface area contributed by atoms with Crippen molar-refractivity contribution >= 4 is 39.3 Å². The van der Waals surface area contributed by atoms with Gasteiger partial charge in [0.1, 0.15) is 0 Å². The lowest BCUT2D eigenvalue weighted by Crippen LogP contribution is -2.40. The van der Waals surface area contributed by atoms with Gasteiger partial charge in [-0.1, -0.05) is 33.6 Å². The smallest absolute Gasteiger partial charge is 0.251 e. The van der Waals surface area contributed by atoms with E-state index < -0.39 is 0 Å². The van der Waals surface area contributed by atoms with Crippen LogP contribution in [0.25, 0.3) is 0 Å². The molecule has 2 aromatic rings. The molecule has 0 saturated heterocycles. The van der Waals surface area contributed by atoms with Crippen LogP contribution in [0.4, 0.5) is 0 Å². The molecule has 4 nitrogen and oxygen atoms in total. The van der Waals surface area contributed by atoms with Gasteiger partial charge in [-0.2, -0.15) is 0 Å². The third-order valence-corrected chi connectivity index (χ3v) is 4.20. The number of rotatable bonds is 4. The van der Waals surface area contributed by atoms with E-state index in [0.29, 0.717) is 22.7 Å². The van der Waals surface area contributed by atoms with Gasteiger partial charge in [0.05, 0.1) is 0 Å². The van der Waals surface area contributed by atoms with E-state index in [1.807, 2.05) is 32.9 Å². The quantitative estimate of drug-likeness (QED) is 0.757. The van der Waals surface area contributed by atoms with E-state index in [9.17, 15) is 9.59 Å². The van der Waals surface area contributed by atoms with Crippen molar-refractivity contribution in [3.63, 3.8) is 0 Å². The molecule has 0 fully saturated rings. The van der Waals surface area contributed by atoms with Crippen LogP contribution in [0.1, 0.15) is 47.1 Å². The van der Waals surface area contributed by atoms with E-state index in [1.54, 1.807) is 30.3 Å². The van der Waals surface area contributed by atoms with Crippen LogP contribution in [0.15, 0.2) is 46.9 Å². The molecular formula is C19H20BrClN2O2. The molecule has 0 heterocycles. The lowest BCUT2D eigenvalue weighted by atomic mass is 10.1. The molecule has 6 heteroatoms. The monoisotopic (exact) mass is 422 g/mol. The maximum Gasteiger partial charge on any atom is 0.251 e. The third-order valence-electron chi connectivity index (χ3n) is 3.35. The molecule has 2 rings (SSSR count). The van der Waals surface area contributed by atoms with Crippen LogP contribution in [-0.2, 0) is 6.54 Å². The predicted molar refractivity (Wildman–Crippen MR) is 104 cm³/mol. The highest BCUT2D eigenvalue weighted by molar-refractivity contribution is 9.10. The van der Waals surface area contributed by atoms with Gasteiger partial charge in [-0.05, 0) is 62.7 Å². The average molecular weight is 424 g/mol. The lowest BCUT2D eigenvalue weighted by Gasteiger charge is -2.20. The van der Waals surface area contributed by atoms with Crippen LogP contribution in [0.5, 0.6) is 0 Å². The molecule has 0 spiro atoms. The van der Waals surface area contributed by atoms with Gasteiger partial charge in [0, 0.05) is 32.7 Å². The van der Waals surface area contributed by atoms with Crippen molar-refractivity contribution in [2.45, 2.75) is 32.9 Å². The zero-order chi connectivity index (χ0) is 18.6. The second-order valence-corrected chi connectivity index (χ2v) is 8.02. The van der Waals surface area contributed by atoms with Crippen LogP contribution in [0.3, 0.4) is 0 Å². The maximum atomic E-state index is 12.2. The van der Waals surface area contributed by atoms with Gasteiger partial charge < -0.3 is 10.6 Å². The van der Waals surface area contributed by atoms with Gasteiger partial charge in [0.2, 0.25) is 0 Å². The summed E-state index contributed by atoms with van der Waals surface area (Å²) in [5, 5.41) is 6.29. The summed E-state index contributed by atoms with van der Waals surface area (Å²) in [5.41, 5.74) is 1.53. The van der Waals surface area contributed by atoms with Crippen molar-refractivity contribution in [3.8, 4) is 0 Å². The SMILES string of the molecule is CC(C)(C)NC(=O)c1ccc(C(=O)NCc2ccc(Br)cc2Cl)cc1. The Morgan fingerprint density at radius 1 is 1.00 bits per heavy atom. The first-order chi connectivity index (χ1) is 11.7. The first-order valence-electron chi connectivity index (χ1n) is 7.80. The van der Waals surface area contributed by atoms with Gasteiger partial charge >= 0.3 is 0 Å². The van der Waals surface area contributed by atoms with E-state index in [1.165, 1.54) is 0 Å². The van der Waals surface area contributed by atoms with Gasteiger partial charge in [-0.3, -0.25) is 9.59 Å². The molecule has 132 valence electrons.